The molecule has 1 N–H and O–H groups in total. The number of aliphatic imine (C=N–C) groups is 1. The van der Waals surface area contributed by atoms with Crippen molar-refractivity contribution in [1.29, 1.82) is 0 Å². The molecule has 0 spiro atoms. The number of amidine groups is 1. The summed E-state index contributed by atoms with van der Waals surface area (Å²) < 4.78 is 0. The molecule has 0 amide bonds. The number of aliphatic hydroxyl groups is 1. The van der Waals surface area contributed by atoms with Gasteiger partial charge in [0.15, 0.2) is 0 Å². The van der Waals surface area contributed by atoms with Gasteiger partial charge in [0.2, 0.25) is 0 Å². The lowest BCUT2D eigenvalue weighted by Gasteiger charge is -2.29. The van der Waals surface area contributed by atoms with Gasteiger partial charge in [-0.3, -0.25) is 10.1 Å². The van der Waals surface area contributed by atoms with Crippen LogP contribution in [0, 0.1) is 10.1 Å². The molecule has 110 valence electrons. The van der Waals surface area contributed by atoms with Crippen molar-refractivity contribution in [3.63, 3.8) is 0 Å². The van der Waals surface area contributed by atoms with E-state index in [1.165, 1.54) is 0 Å². The summed E-state index contributed by atoms with van der Waals surface area (Å²) in [6, 6.07) is 9.76. The lowest BCUT2D eigenvalue weighted by Crippen LogP contribution is -2.35. The molecular formula is C15H17N3O3. The van der Waals surface area contributed by atoms with E-state index in [4.69, 9.17) is 0 Å². The molecule has 6 nitrogen and oxygen atoms in total. The van der Waals surface area contributed by atoms with Gasteiger partial charge in [0, 0.05) is 18.7 Å². The maximum absolute atomic E-state index is 10.6. The van der Waals surface area contributed by atoms with E-state index >= 15 is 0 Å². The SMILES string of the molecule is CC1=C/C(=C\[N+](=O)[O-])N=C(Cc2ccccc2)N1CCO. The van der Waals surface area contributed by atoms with Crippen LogP contribution in [-0.4, -0.2) is 33.9 Å². The molecule has 0 aromatic heterocycles. The Labute approximate surface area is 122 Å². The van der Waals surface area contributed by atoms with Gasteiger partial charge >= 0.3 is 0 Å². The first-order valence-corrected chi connectivity index (χ1v) is 6.63. The third-order valence-corrected chi connectivity index (χ3v) is 3.12. The highest BCUT2D eigenvalue weighted by Crippen LogP contribution is 2.19. The van der Waals surface area contributed by atoms with E-state index in [1.54, 1.807) is 6.08 Å². The van der Waals surface area contributed by atoms with E-state index in [2.05, 4.69) is 4.99 Å². The Bertz CT molecular complexity index is 606. The molecule has 1 aliphatic rings. The van der Waals surface area contributed by atoms with Crippen molar-refractivity contribution in [3.05, 3.63) is 69.7 Å². The Balaban J connectivity index is 2.31. The van der Waals surface area contributed by atoms with Gasteiger partial charge < -0.3 is 10.0 Å². The fraction of sp³-hybridized carbons (Fsp3) is 0.267. The molecule has 1 heterocycles. The maximum atomic E-state index is 10.6. The predicted octanol–water partition coefficient (Wildman–Crippen LogP) is 1.96. The molecule has 1 aromatic carbocycles. The minimum absolute atomic E-state index is 0.00667. The number of benzene rings is 1. The normalized spacial score (nSPS) is 16.7. The molecule has 0 unspecified atom stereocenters. The highest BCUT2D eigenvalue weighted by atomic mass is 16.6. The second kappa shape index (κ2) is 6.81. The summed E-state index contributed by atoms with van der Waals surface area (Å²) in [5.41, 5.74) is 2.21. The van der Waals surface area contributed by atoms with Gasteiger partial charge in [-0.1, -0.05) is 30.3 Å². The van der Waals surface area contributed by atoms with E-state index in [0.29, 0.717) is 24.5 Å². The van der Waals surface area contributed by atoms with Crippen molar-refractivity contribution >= 4 is 5.84 Å². The first kappa shape index (κ1) is 14.9. The molecule has 0 radical (unpaired) electrons. The highest BCUT2D eigenvalue weighted by molar-refractivity contribution is 5.88. The van der Waals surface area contributed by atoms with Crippen molar-refractivity contribution in [2.45, 2.75) is 13.3 Å². The van der Waals surface area contributed by atoms with Crippen LogP contribution in [0.25, 0.3) is 0 Å². The highest BCUT2D eigenvalue weighted by Gasteiger charge is 2.19. The second-order valence-electron chi connectivity index (χ2n) is 4.69. The zero-order valence-corrected chi connectivity index (χ0v) is 11.8. The van der Waals surface area contributed by atoms with Gasteiger partial charge in [0.1, 0.15) is 11.5 Å². The topological polar surface area (TPSA) is 79.0 Å². The number of hydrogen-bond acceptors (Lipinski definition) is 5. The van der Waals surface area contributed by atoms with Crippen molar-refractivity contribution in [2.75, 3.05) is 13.2 Å². The summed E-state index contributed by atoms with van der Waals surface area (Å²) in [6.07, 6.45) is 3.10. The molecule has 6 heteroatoms. The molecule has 0 aliphatic carbocycles. The van der Waals surface area contributed by atoms with Gasteiger partial charge in [0.25, 0.3) is 6.20 Å². The quantitative estimate of drug-likeness (QED) is 0.663. The number of rotatable bonds is 5. The zero-order chi connectivity index (χ0) is 15.2. The molecule has 1 aliphatic heterocycles. The minimum atomic E-state index is -0.509. The van der Waals surface area contributed by atoms with Crippen LogP contribution >= 0.6 is 0 Å². The summed E-state index contributed by atoms with van der Waals surface area (Å²) in [7, 11) is 0. The Morgan fingerprint density at radius 1 is 1.38 bits per heavy atom. The number of nitro groups is 1. The fourth-order valence-electron chi connectivity index (χ4n) is 2.23. The smallest absolute Gasteiger partial charge is 0.260 e. The third-order valence-electron chi connectivity index (χ3n) is 3.12. The molecule has 1 aromatic rings. The Hall–Kier alpha value is -2.47. The van der Waals surface area contributed by atoms with Gasteiger partial charge in [-0.2, -0.15) is 0 Å². The number of nitrogens with zero attached hydrogens (tertiary/aromatic N) is 3. The van der Waals surface area contributed by atoms with E-state index in [9.17, 15) is 15.2 Å². The van der Waals surface area contributed by atoms with E-state index in [1.807, 2.05) is 42.2 Å². The molecule has 0 saturated carbocycles. The maximum Gasteiger partial charge on any atom is 0.260 e. The molecule has 21 heavy (non-hydrogen) atoms. The van der Waals surface area contributed by atoms with Crippen molar-refractivity contribution in [3.8, 4) is 0 Å². The molecule has 2 rings (SSSR count). The number of allylic oxidation sites excluding steroid dienone is 2. The Morgan fingerprint density at radius 3 is 2.71 bits per heavy atom. The van der Waals surface area contributed by atoms with Crippen LogP contribution in [0.1, 0.15) is 12.5 Å². The van der Waals surface area contributed by atoms with Crippen LogP contribution in [-0.2, 0) is 6.42 Å². The summed E-state index contributed by atoms with van der Waals surface area (Å²) in [5, 5.41) is 19.8. The molecule has 0 saturated heterocycles. The first-order valence-electron chi connectivity index (χ1n) is 6.63. The molecular weight excluding hydrogens is 270 g/mol. The third kappa shape index (κ3) is 4.00. The van der Waals surface area contributed by atoms with Crippen molar-refractivity contribution in [1.82, 2.24) is 4.90 Å². The average Bonchev–Trinajstić information content (AvgIpc) is 2.43. The summed E-state index contributed by atoms with van der Waals surface area (Å²) in [4.78, 5) is 16.3. The molecule has 0 fully saturated rings. The van der Waals surface area contributed by atoms with E-state index in [0.717, 1.165) is 17.5 Å². The summed E-state index contributed by atoms with van der Waals surface area (Å²) >= 11 is 0. The predicted molar refractivity (Wildman–Crippen MR) is 80.2 cm³/mol. The Kier molecular flexibility index (Phi) is 4.84. The largest absolute Gasteiger partial charge is 0.395 e. The fourth-order valence-corrected chi connectivity index (χ4v) is 2.23. The van der Waals surface area contributed by atoms with Crippen LogP contribution < -0.4 is 0 Å². The van der Waals surface area contributed by atoms with E-state index < -0.39 is 4.92 Å². The van der Waals surface area contributed by atoms with Crippen LogP contribution in [0.5, 0.6) is 0 Å². The Morgan fingerprint density at radius 2 is 2.10 bits per heavy atom. The molecule has 0 bridgehead atoms. The lowest BCUT2D eigenvalue weighted by molar-refractivity contribution is -0.403. The number of β-amino-alcohol motifs (C(OH)–C–C–N with tert-alkyl or cyclic N) is 1. The van der Waals surface area contributed by atoms with E-state index in [-0.39, 0.29) is 6.61 Å². The van der Waals surface area contributed by atoms with Crippen LogP contribution in [0.2, 0.25) is 0 Å². The summed E-state index contributed by atoms with van der Waals surface area (Å²) in [5.74, 6) is 0.698. The van der Waals surface area contributed by atoms with Gasteiger partial charge in [-0.25, -0.2) is 4.99 Å². The van der Waals surface area contributed by atoms with Crippen LogP contribution in [0.4, 0.5) is 0 Å². The lowest BCUT2D eigenvalue weighted by atomic mass is 10.1. The first-order chi connectivity index (χ1) is 10.1. The number of aliphatic hydroxyl groups excluding tert-OH is 1. The van der Waals surface area contributed by atoms with Gasteiger partial charge in [-0.05, 0) is 18.6 Å². The number of hydrogen-bond donors (Lipinski definition) is 1. The summed E-state index contributed by atoms with van der Waals surface area (Å²) in [6.45, 7) is 2.26. The van der Waals surface area contributed by atoms with Crippen LogP contribution in [0.3, 0.4) is 0 Å². The second-order valence-corrected chi connectivity index (χ2v) is 4.69. The average molecular weight is 287 g/mol. The van der Waals surface area contributed by atoms with Crippen molar-refractivity contribution < 1.29 is 10.0 Å². The monoisotopic (exact) mass is 287 g/mol. The van der Waals surface area contributed by atoms with Gasteiger partial charge in [0.05, 0.1) is 11.5 Å². The zero-order valence-electron chi connectivity index (χ0n) is 11.8. The standard InChI is InChI=1S/C15H17N3O3/c1-12-9-14(11-18(20)21)16-15(17(12)7-8-19)10-13-5-3-2-4-6-13/h2-6,9,11,19H,7-8,10H2,1H3/b14-11+. The van der Waals surface area contributed by atoms with Crippen molar-refractivity contribution in [2.24, 2.45) is 4.99 Å². The van der Waals surface area contributed by atoms with Crippen LogP contribution in [0.15, 0.2) is 59.0 Å². The molecule has 0 atom stereocenters. The minimum Gasteiger partial charge on any atom is -0.395 e. The van der Waals surface area contributed by atoms with Gasteiger partial charge in [-0.15, -0.1) is 0 Å².